The van der Waals surface area contributed by atoms with Crippen molar-refractivity contribution in [1.29, 1.82) is 0 Å². The average molecular weight is 479 g/mol. The molecule has 1 atom stereocenters. The van der Waals surface area contributed by atoms with Gasteiger partial charge < -0.3 is 14.8 Å². The summed E-state index contributed by atoms with van der Waals surface area (Å²) in [6.07, 6.45) is 0. The number of benzene rings is 3. The molecule has 4 rings (SSSR count). The molecule has 0 aliphatic carbocycles. The molecular formula is C25H23FN4O3S. The fourth-order valence-electron chi connectivity index (χ4n) is 3.12. The minimum Gasteiger partial charge on any atom is -0.497 e. The van der Waals surface area contributed by atoms with Crippen molar-refractivity contribution in [3.63, 3.8) is 0 Å². The fourth-order valence-corrected chi connectivity index (χ4v) is 4.00. The van der Waals surface area contributed by atoms with Crippen LogP contribution in [0.3, 0.4) is 0 Å². The topological polar surface area (TPSA) is 78.3 Å². The number of aromatic nitrogens is 3. The summed E-state index contributed by atoms with van der Waals surface area (Å²) in [5.41, 5.74) is 1.38. The van der Waals surface area contributed by atoms with Crippen molar-refractivity contribution in [1.82, 2.24) is 14.8 Å². The van der Waals surface area contributed by atoms with Gasteiger partial charge in [-0.3, -0.25) is 9.36 Å². The number of amides is 1. The summed E-state index contributed by atoms with van der Waals surface area (Å²) in [4.78, 5) is 12.7. The number of ether oxygens (including phenoxy) is 2. The van der Waals surface area contributed by atoms with Crippen molar-refractivity contribution < 1.29 is 18.7 Å². The maximum atomic E-state index is 13.1. The molecule has 0 saturated carbocycles. The summed E-state index contributed by atoms with van der Waals surface area (Å²) in [7, 11) is 1.61. The summed E-state index contributed by atoms with van der Waals surface area (Å²) in [5, 5.41) is 11.5. The van der Waals surface area contributed by atoms with E-state index in [0.29, 0.717) is 22.4 Å². The first-order valence-electron chi connectivity index (χ1n) is 10.5. The summed E-state index contributed by atoms with van der Waals surface area (Å²) in [6, 6.07) is 22.6. The molecule has 7 nitrogen and oxygen atoms in total. The average Bonchev–Trinajstić information content (AvgIpc) is 3.27. The highest BCUT2D eigenvalue weighted by Gasteiger charge is 2.21. The Hall–Kier alpha value is -3.85. The van der Waals surface area contributed by atoms with Crippen LogP contribution in [0.25, 0.3) is 5.69 Å². The lowest BCUT2D eigenvalue weighted by atomic mass is 10.3. The van der Waals surface area contributed by atoms with Gasteiger partial charge in [-0.15, -0.1) is 10.2 Å². The van der Waals surface area contributed by atoms with E-state index in [9.17, 15) is 9.18 Å². The molecule has 1 amide bonds. The van der Waals surface area contributed by atoms with Crippen LogP contribution < -0.4 is 14.8 Å². The molecule has 0 aliphatic rings. The van der Waals surface area contributed by atoms with Crippen molar-refractivity contribution in [2.45, 2.75) is 23.9 Å². The number of nitrogens with one attached hydrogen (secondary N) is 1. The number of hydrogen-bond acceptors (Lipinski definition) is 6. The molecular weight excluding hydrogens is 455 g/mol. The van der Waals surface area contributed by atoms with E-state index in [4.69, 9.17) is 9.47 Å². The zero-order valence-corrected chi connectivity index (χ0v) is 19.5. The van der Waals surface area contributed by atoms with Crippen LogP contribution in [0, 0.1) is 5.82 Å². The summed E-state index contributed by atoms with van der Waals surface area (Å²) >= 11 is 1.27. The number of carbonyl (C=O) groups excluding carboxylic acids is 1. The highest BCUT2D eigenvalue weighted by Crippen LogP contribution is 2.27. The minimum atomic E-state index is -0.480. The Kier molecular flexibility index (Phi) is 7.44. The normalized spacial score (nSPS) is 11.6. The van der Waals surface area contributed by atoms with Crippen LogP contribution in [0.15, 0.2) is 84.0 Å². The molecule has 3 aromatic carbocycles. The molecule has 1 aromatic heterocycles. The molecule has 0 saturated heterocycles. The molecule has 9 heteroatoms. The molecule has 0 radical (unpaired) electrons. The van der Waals surface area contributed by atoms with E-state index < -0.39 is 5.25 Å². The van der Waals surface area contributed by atoms with E-state index in [0.717, 1.165) is 11.4 Å². The number of carbonyl (C=O) groups is 1. The van der Waals surface area contributed by atoms with Crippen molar-refractivity contribution >= 4 is 23.4 Å². The van der Waals surface area contributed by atoms with Crippen LogP contribution in [0.1, 0.15) is 12.7 Å². The van der Waals surface area contributed by atoms with Crippen molar-refractivity contribution in [3.8, 4) is 17.2 Å². The second-order valence-corrected chi connectivity index (χ2v) is 8.60. The molecule has 34 heavy (non-hydrogen) atoms. The van der Waals surface area contributed by atoms with E-state index in [1.165, 1.54) is 36.0 Å². The predicted octanol–water partition coefficient (Wildman–Crippen LogP) is 5.11. The Morgan fingerprint density at radius 3 is 2.35 bits per heavy atom. The van der Waals surface area contributed by atoms with Gasteiger partial charge in [-0.2, -0.15) is 0 Å². The zero-order chi connectivity index (χ0) is 23.9. The van der Waals surface area contributed by atoms with E-state index in [2.05, 4.69) is 15.5 Å². The number of rotatable bonds is 9. The molecule has 1 N–H and O–H groups in total. The smallest absolute Gasteiger partial charge is 0.237 e. The Morgan fingerprint density at radius 2 is 1.68 bits per heavy atom. The van der Waals surface area contributed by atoms with Gasteiger partial charge in [0.1, 0.15) is 23.9 Å². The van der Waals surface area contributed by atoms with Crippen molar-refractivity contribution in [2.75, 3.05) is 12.4 Å². The van der Waals surface area contributed by atoms with Gasteiger partial charge >= 0.3 is 0 Å². The number of nitrogens with zero attached hydrogens (tertiary/aromatic N) is 3. The third-order valence-electron chi connectivity index (χ3n) is 4.91. The number of hydrogen-bond donors (Lipinski definition) is 1. The van der Waals surface area contributed by atoms with E-state index in [1.807, 2.05) is 59.2 Å². The maximum absolute atomic E-state index is 13.1. The Balaban J connectivity index is 1.51. The van der Waals surface area contributed by atoms with Gasteiger partial charge in [0.25, 0.3) is 0 Å². The number of thioether (sulfide) groups is 1. The van der Waals surface area contributed by atoms with Crippen molar-refractivity contribution in [3.05, 3.63) is 90.5 Å². The zero-order valence-electron chi connectivity index (χ0n) is 18.6. The number of halogens is 1. The Bertz CT molecular complexity index is 1230. The monoisotopic (exact) mass is 478 g/mol. The van der Waals surface area contributed by atoms with Crippen LogP contribution in [-0.2, 0) is 11.4 Å². The molecule has 0 aliphatic heterocycles. The predicted molar refractivity (Wildman–Crippen MR) is 129 cm³/mol. The maximum Gasteiger partial charge on any atom is 0.237 e. The van der Waals surface area contributed by atoms with Crippen LogP contribution in [-0.4, -0.2) is 33.0 Å². The third-order valence-corrected chi connectivity index (χ3v) is 5.95. The molecule has 0 bridgehead atoms. The number of anilines is 1. The summed E-state index contributed by atoms with van der Waals surface area (Å²) in [6.45, 7) is 1.96. The minimum absolute atomic E-state index is 0.185. The first-order valence-corrected chi connectivity index (χ1v) is 11.4. The van der Waals surface area contributed by atoms with E-state index >= 15 is 0 Å². The highest BCUT2D eigenvalue weighted by molar-refractivity contribution is 8.00. The van der Waals surface area contributed by atoms with Crippen LogP contribution in [0.4, 0.5) is 10.1 Å². The first kappa shape index (κ1) is 23.3. The Labute approximate surface area is 200 Å². The molecule has 1 heterocycles. The van der Waals surface area contributed by atoms with E-state index in [-0.39, 0.29) is 18.3 Å². The lowest BCUT2D eigenvalue weighted by Gasteiger charge is -2.14. The summed E-state index contributed by atoms with van der Waals surface area (Å²) in [5.74, 6) is 1.42. The second kappa shape index (κ2) is 10.8. The Morgan fingerprint density at radius 1 is 1.00 bits per heavy atom. The SMILES string of the molecule is COc1ccc(OCc2nnc(SC(C)C(=O)Nc3ccc(F)cc3)n2-c2ccccc2)cc1. The molecule has 4 aromatic rings. The third kappa shape index (κ3) is 5.74. The highest BCUT2D eigenvalue weighted by atomic mass is 32.2. The van der Waals surface area contributed by atoms with Crippen molar-refractivity contribution in [2.24, 2.45) is 0 Å². The van der Waals surface area contributed by atoms with Gasteiger partial charge in [0.15, 0.2) is 11.0 Å². The van der Waals surface area contributed by atoms with Gasteiger partial charge in [0.05, 0.1) is 12.4 Å². The van der Waals surface area contributed by atoms with E-state index in [1.54, 1.807) is 14.0 Å². The largest absolute Gasteiger partial charge is 0.497 e. The molecule has 0 spiro atoms. The summed E-state index contributed by atoms with van der Waals surface area (Å²) < 4.78 is 26.1. The van der Waals surface area contributed by atoms with Gasteiger partial charge in [-0.25, -0.2) is 4.39 Å². The molecule has 0 fully saturated rings. The van der Waals surface area contributed by atoms with Gasteiger partial charge in [-0.05, 0) is 67.6 Å². The first-order chi connectivity index (χ1) is 16.5. The van der Waals surface area contributed by atoms with Gasteiger partial charge in [0, 0.05) is 11.4 Å². The van der Waals surface area contributed by atoms with Crippen LogP contribution in [0.2, 0.25) is 0 Å². The number of methoxy groups -OCH3 is 1. The fraction of sp³-hybridized carbons (Fsp3) is 0.160. The molecule has 174 valence electrons. The molecule has 1 unspecified atom stereocenters. The van der Waals surface area contributed by atoms with Gasteiger partial charge in [0.2, 0.25) is 5.91 Å². The lowest BCUT2D eigenvalue weighted by molar-refractivity contribution is -0.115. The van der Waals surface area contributed by atoms with Crippen LogP contribution >= 0.6 is 11.8 Å². The van der Waals surface area contributed by atoms with Crippen LogP contribution in [0.5, 0.6) is 11.5 Å². The number of para-hydroxylation sites is 1. The lowest BCUT2D eigenvalue weighted by Crippen LogP contribution is -2.23. The standard InChI is InChI=1S/C25H23FN4O3S/c1-17(24(31)27-19-10-8-18(26)9-11-19)34-25-29-28-23(30(25)20-6-4-3-5-7-20)16-33-22-14-12-21(32-2)13-15-22/h3-15,17H,16H2,1-2H3,(H,27,31). The quantitative estimate of drug-likeness (QED) is 0.337. The van der Waals surface area contributed by atoms with Gasteiger partial charge in [-0.1, -0.05) is 30.0 Å². The second-order valence-electron chi connectivity index (χ2n) is 7.29.